The van der Waals surface area contributed by atoms with Gasteiger partial charge in [-0.3, -0.25) is 9.59 Å². The van der Waals surface area contributed by atoms with E-state index in [1.807, 2.05) is 13.8 Å². The van der Waals surface area contributed by atoms with Gasteiger partial charge < -0.3 is 15.2 Å². The van der Waals surface area contributed by atoms with Gasteiger partial charge in [-0.1, -0.05) is 13.8 Å². The van der Waals surface area contributed by atoms with Gasteiger partial charge in [0.25, 0.3) is 0 Å². The summed E-state index contributed by atoms with van der Waals surface area (Å²) in [4.78, 5) is 22.8. The van der Waals surface area contributed by atoms with Crippen molar-refractivity contribution in [3.8, 4) is 0 Å². The molecule has 5 nitrogen and oxygen atoms in total. The van der Waals surface area contributed by atoms with Gasteiger partial charge in [0.1, 0.15) is 6.10 Å². The molecule has 0 radical (unpaired) electrons. The second kappa shape index (κ2) is 5.49. The molecule has 1 aliphatic rings. The van der Waals surface area contributed by atoms with Crippen LogP contribution in [0.3, 0.4) is 0 Å². The Hall–Kier alpha value is -1.10. The number of rotatable bonds is 5. The van der Waals surface area contributed by atoms with E-state index in [2.05, 4.69) is 5.32 Å². The van der Waals surface area contributed by atoms with Crippen LogP contribution >= 0.6 is 0 Å². The molecule has 2 atom stereocenters. The molecule has 1 aliphatic heterocycles. The van der Waals surface area contributed by atoms with Gasteiger partial charge >= 0.3 is 5.97 Å². The molecular weight excluding hydrogens is 222 g/mol. The Balaban J connectivity index is 2.65. The molecule has 1 heterocycles. The highest BCUT2D eigenvalue weighted by atomic mass is 16.5. The molecule has 0 aromatic heterocycles. The fourth-order valence-corrected chi connectivity index (χ4v) is 1.85. The monoisotopic (exact) mass is 243 g/mol. The molecule has 98 valence electrons. The second-order valence-electron chi connectivity index (χ2n) is 5.13. The number of aliphatic carboxylic acids is 1. The molecule has 2 N–H and O–H groups in total. The van der Waals surface area contributed by atoms with Crippen LogP contribution in [0.5, 0.6) is 0 Å². The van der Waals surface area contributed by atoms with Crippen molar-refractivity contribution in [2.45, 2.75) is 51.7 Å². The van der Waals surface area contributed by atoms with Crippen LogP contribution in [0, 0.1) is 5.92 Å². The van der Waals surface area contributed by atoms with Crippen LogP contribution < -0.4 is 5.32 Å². The highest BCUT2D eigenvalue weighted by Crippen LogP contribution is 2.22. The highest BCUT2D eigenvalue weighted by molar-refractivity contribution is 5.82. The van der Waals surface area contributed by atoms with Crippen LogP contribution in [0.2, 0.25) is 0 Å². The van der Waals surface area contributed by atoms with Gasteiger partial charge in [-0.2, -0.15) is 0 Å². The van der Waals surface area contributed by atoms with Crippen molar-refractivity contribution in [2.75, 3.05) is 6.61 Å². The Bertz CT molecular complexity index is 297. The zero-order valence-electron chi connectivity index (χ0n) is 10.7. The minimum absolute atomic E-state index is 0.0453. The van der Waals surface area contributed by atoms with E-state index in [1.54, 1.807) is 6.92 Å². The number of carboxylic acid groups (broad SMARTS) is 1. The van der Waals surface area contributed by atoms with Crippen molar-refractivity contribution in [3.63, 3.8) is 0 Å². The minimum atomic E-state index is -0.908. The lowest BCUT2D eigenvalue weighted by Gasteiger charge is -2.34. The Kier molecular flexibility index (Phi) is 4.51. The van der Waals surface area contributed by atoms with Crippen molar-refractivity contribution >= 4 is 11.9 Å². The lowest BCUT2D eigenvalue weighted by atomic mass is 9.85. The number of hydrogen-bond acceptors (Lipinski definition) is 3. The molecule has 0 saturated carbocycles. The maximum absolute atomic E-state index is 11.9. The summed E-state index contributed by atoms with van der Waals surface area (Å²) in [6, 6.07) is 0. The number of hydrogen-bond donors (Lipinski definition) is 2. The summed E-state index contributed by atoms with van der Waals surface area (Å²) in [6.45, 7) is 6.17. The first kappa shape index (κ1) is 14.0. The number of carbonyl (C=O) groups is 2. The lowest BCUT2D eigenvalue weighted by Crippen LogP contribution is -2.54. The Morgan fingerprint density at radius 1 is 1.53 bits per heavy atom. The fraction of sp³-hybridized carbons (Fsp3) is 0.833. The average molecular weight is 243 g/mol. The maximum Gasteiger partial charge on any atom is 0.305 e. The molecule has 0 aromatic carbocycles. The average Bonchev–Trinajstić information content (AvgIpc) is 2.68. The third-order valence-electron chi connectivity index (χ3n) is 3.42. The predicted molar refractivity (Wildman–Crippen MR) is 62.6 cm³/mol. The van der Waals surface area contributed by atoms with Crippen molar-refractivity contribution < 1.29 is 19.4 Å². The van der Waals surface area contributed by atoms with Gasteiger partial charge in [0.2, 0.25) is 5.91 Å². The standard InChI is InChI=1S/C12H21NO4/c1-8(2)12(3,7-10(14)15)13-11(16)9-5-4-6-17-9/h8-9H,4-7H2,1-3H3,(H,13,16)(H,14,15)/t9-,12?/m0/s1. The molecule has 17 heavy (non-hydrogen) atoms. The maximum atomic E-state index is 11.9. The molecule has 1 saturated heterocycles. The van der Waals surface area contributed by atoms with Crippen molar-refractivity contribution in [2.24, 2.45) is 5.92 Å². The number of ether oxygens (including phenoxy) is 1. The normalized spacial score (nSPS) is 23.4. The number of nitrogens with one attached hydrogen (secondary N) is 1. The van der Waals surface area contributed by atoms with Gasteiger partial charge in [0.05, 0.1) is 12.0 Å². The number of amides is 1. The van der Waals surface area contributed by atoms with Crippen LogP contribution in [0.25, 0.3) is 0 Å². The number of carbonyl (C=O) groups excluding carboxylic acids is 1. The quantitative estimate of drug-likeness (QED) is 0.760. The molecule has 1 rings (SSSR count). The largest absolute Gasteiger partial charge is 0.481 e. The molecule has 1 fully saturated rings. The van der Waals surface area contributed by atoms with Crippen LogP contribution in [0.4, 0.5) is 0 Å². The molecule has 0 bridgehead atoms. The lowest BCUT2D eigenvalue weighted by molar-refractivity contribution is -0.140. The predicted octanol–water partition coefficient (Wildman–Crippen LogP) is 1.17. The Labute approximate surface area is 102 Å². The third-order valence-corrected chi connectivity index (χ3v) is 3.42. The van der Waals surface area contributed by atoms with Gasteiger partial charge in [0.15, 0.2) is 0 Å². The third kappa shape index (κ3) is 3.70. The van der Waals surface area contributed by atoms with Crippen molar-refractivity contribution in [3.05, 3.63) is 0 Å². The second-order valence-corrected chi connectivity index (χ2v) is 5.13. The van der Waals surface area contributed by atoms with Crippen LogP contribution in [0.15, 0.2) is 0 Å². The van der Waals surface area contributed by atoms with Crippen molar-refractivity contribution in [1.82, 2.24) is 5.32 Å². The molecular formula is C12H21NO4. The summed E-state index contributed by atoms with van der Waals surface area (Å²) in [5, 5.41) is 11.7. The van der Waals surface area contributed by atoms with Crippen LogP contribution in [-0.4, -0.2) is 35.2 Å². The molecule has 5 heteroatoms. The number of carboxylic acids is 1. The summed E-state index contributed by atoms with van der Waals surface area (Å²) in [5.74, 6) is -1.06. The van der Waals surface area contributed by atoms with E-state index in [0.29, 0.717) is 13.0 Å². The molecule has 0 spiro atoms. The van der Waals surface area contributed by atoms with E-state index in [1.165, 1.54) is 0 Å². The summed E-state index contributed by atoms with van der Waals surface area (Å²) < 4.78 is 5.29. The van der Waals surface area contributed by atoms with Crippen LogP contribution in [-0.2, 0) is 14.3 Å². The zero-order chi connectivity index (χ0) is 13.1. The van der Waals surface area contributed by atoms with Crippen molar-refractivity contribution in [1.29, 1.82) is 0 Å². The zero-order valence-corrected chi connectivity index (χ0v) is 10.7. The van der Waals surface area contributed by atoms with Gasteiger partial charge in [-0.25, -0.2) is 0 Å². The minimum Gasteiger partial charge on any atom is -0.481 e. The van der Waals surface area contributed by atoms with E-state index in [4.69, 9.17) is 9.84 Å². The van der Waals surface area contributed by atoms with E-state index in [-0.39, 0.29) is 18.2 Å². The van der Waals surface area contributed by atoms with Gasteiger partial charge in [-0.05, 0) is 25.7 Å². The van der Waals surface area contributed by atoms with E-state index >= 15 is 0 Å². The van der Waals surface area contributed by atoms with Crippen LogP contribution in [0.1, 0.15) is 40.0 Å². The smallest absolute Gasteiger partial charge is 0.305 e. The first-order valence-corrected chi connectivity index (χ1v) is 6.00. The fourth-order valence-electron chi connectivity index (χ4n) is 1.85. The molecule has 0 aliphatic carbocycles. The van der Waals surface area contributed by atoms with E-state index in [0.717, 1.165) is 6.42 Å². The SMILES string of the molecule is CC(C)C(C)(CC(=O)O)NC(=O)[C@@H]1CCCO1. The van der Waals surface area contributed by atoms with E-state index < -0.39 is 17.6 Å². The molecule has 1 unspecified atom stereocenters. The Morgan fingerprint density at radius 2 is 2.18 bits per heavy atom. The first-order chi connectivity index (χ1) is 7.85. The molecule has 0 aromatic rings. The summed E-state index contributed by atoms with van der Waals surface area (Å²) in [5.41, 5.74) is -0.727. The summed E-state index contributed by atoms with van der Waals surface area (Å²) in [7, 11) is 0. The molecule has 1 amide bonds. The van der Waals surface area contributed by atoms with E-state index in [9.17, 15) is 9.59 Å². The van der Waals surface area contributed by atoms with Gasteiger partial charge in [0, 0.05) is 6.61 Å². The van der Waals surface area contributed by atoms with Gasteiger partial charge in [-0.15, -0.1) is 0 Å². The summed E-state index contributed by atoms with van der Waals surface area (Å²) >= 11 is 0. The Morgan fingerprint density at radius 3 is 2.59 bits per heavy atom. The summed E-state index contributed by atoms with van der Waals surface area (Å²) in [6.07, 6.45) is 1.10. The topological polar surface area (TPSA) is 75.6 Å². The first-order valence-electron chi connectivity index (χ1n) is 6.00. The highest BCUT2D eigenvalue weighted by Gasteiger charge is 2.35.